The van der Waals surface area contributed by atoms with E-state index in [-0.39, 0.29) is 11.6 Å². The molecule has 2 rings (SSSR count). The summed E-state index contributed by atoms with van der Waals surface area (Å²) in [6.07, 6.45) is 0. The largest absolute Gasteiger partial charge is 0.439 e. The third kappa shape index (κ3) is 2.56. The van der Waals surface area contributed by atoms with Crippen LogP contribution in [0.25, 0.3) is 11.4 Å². The molecule has 16 heavy (non-hydrogen) atoms. The number of halogens is 1. The smallest absolute Gasteiger partial charge is 0.296 e. The molecule has 2 aromatic rings. The van der Waals surface area contributed by atoms with Crippen molar-refractivity contribution >= 4 is 0 Å². The van der Waals surface area contributed by atoms with Gasteiger partial charge in [-0.25, -0.2) is 9.18 Å². The molecule has 0 fully saturated rings. The minimum Gasteiger partial charge on any atom is -0.296 e. The standard InChI is InChI=1S/C9H7FN2O2.C2H6/c1-5-2-3-6(10)4-7(5)8-11-9(13)14-12-8;1-2/h2-4H,1H3,(H,11,12,13);1-2H3. The molecule has 5 heteroatoms. The zero-order chi connectivity index (χ0) is 12.1. The highest BCUT2D eigenvalue weighted by molar-refractivity contribution is 5.58. The van der Waals surface area contributed by atoms with Crippen LogP contribution in [0.5, 0.6) is 0 Å². The van der Waals surface area contributed by atoms with Gasteiger partial charge in [0, 0.05) is 5.56 Å². The molecule has 0 amide bonds. The first kappa shape index (κ1) is 12.2. The zero-order valence-electron chi connectivity index (χ0n) is 9.37. The Morgan fingerprint density at radius 2 is 2.06 bits per heavy atom. The zero-order valence-corrected chi connectivity index (χ0v) is 9.37. The Bertz CT molecular complexity index is 517. The predicted octanol–water partition coefficient (Wildman–Crippen LogP) is 2.50. The van der Waals surface area contributed by atoms with Crippen molar-refractivity contribution in [1.29, 1.82) is 0 Å². The Morgan fingerprint density at radius 1 is 1.38 bits per heavy atom. The van der Waals surface area contributed by atoms with Crippen LogP contribution in [0.15, 0.2) is 27.5 Å². The molecule has 0 saturated heterocycles. The van der Waals surface area contributed by atoms with E-state index < -0.39 is 5.76 Å². The summed E-state index contributed by atoms with van der Waals surface area (Å²) in [5.41, 5.74) is 1.34. The number of hydrogen-bond donors (Lipinski definition) is 1. The number of nitrogens with zero attached hydrogens (tertiary/aromatic N) is 1. The molecule has 1 aromatic heterocycles. The summed E-state index contributed by atoms with van der Waals surface area (Å²) in [7, 11) is 0. The van der Waals surface area contributed by atoms with Crippen molar-refractivity contribution in [2.75, 3.05) is 0 Å². The van der Waals surface area contributed by atoms with Gasteiger partial charge in [0.05, 0.1) is 0 Å². The Balaban J connectivity index is 0.000000606. The van der Waals surface area contributed by atoms with Gasteiger partial charge in [-0.05, 0) is 24.6 Å². The van der Waals surface area contributed by atoms with E-state index in [0.29, 0.717) is 5.56 Å². The van der Waals surface area contributed by atoms with E-state index >= 15 is 0 Å². The second kappa shape index (κ2) is 5.25. The fourth-order valence-corrected chi connectivity index (χ4v) is 1.20. The van der Waals surface area contributed by atoms with Crippen molar-refractivity contribution in [3.63, 3.8) is 0 Å². The fraction of sp³-hybridized carbons (Fsp3) is 0.273. The molecule has 4 nitrogen and oxygen atoms in total. The van der Waals surface area contributed by atoms with E-state index in [4.69, 9.17) is 0 Å². The Labute approximate surface area is 92.1 Å². The highest BCUT2D eigenvalue weighted by Crippen LogP contribution is 2.19. The van der Waals surface area contributed by atoms with Crippen LogP contribution in [0.4, 0.5) is 4.39 Å². The highest BCUT2D eigenvalue weighted by atomic mass is 19.1. The summed E-state index contributed by atoms with van der Waals surface area (Å²) in [4.78, 5) is 13.0. The van der Waals surface area contributed by atoms with E-state index in [9.17, 15) is 9.18 Å². The van der Waals surface area contributed by atoms with Gasteiger partial charge in [0.15, 0.2) is 5.82 Å². The molecule has 0 bridgehead atoms. The van der Waals surface area contributed by atoms with Crippen LogP contribution in [0.3, 0.4) is 0 Å². The Morgan fingerprint density at radius 3 is 2.62 bits per heavy atom. The van der Waals surface area contributed by atoms with Crippen LogP contribution < -0.4 is 5.76 Å². The van der Waals surface area contributed by atoms with Gasteiger partial charge >= 0.3 is 5.76 Å². The predicted molar refractivity (Wildman–Crippen MR) is 58.6 cm³/mol. The SMILES string of the molecule is CC.Cc1ccc(F)cc1-c1noc(=O)[nH]1. The van der Waals surface area contributed by atoms with Crippen LogP contribution in [-0.4, -0.2) is 10.1 Å². The van der Waals surface area contributed by atoms with Crippen molar-refractivity contribution in [3.8, 4) is 11.4 Å². The first-order valence-electron chi connectivity index (χ1n) is 4.99. The number of benzene rings is 1. The summed E-state index contributed by atoms with van der Waals surface area (Å²) in [6, 6.07) is 4.25. The van der Waals surface area contributed by atoms with Crippen LogP contribution >= 0.6 is 0 Å². The van der Waals surface area contributed by atoms with Gasteiger partial charge in [-0.3, -0.25) is 9.51 Å². The second-order valence-corrected chi connectivity index (χ2v) is 2.90. The summed E-state index contributed by atoms with van der Waals surface area (Å²) in [5, 5.41) is 3.48. The molecular formula is C11H13FN2O2. The van der Waals surface area contributed by atoms with E-state index in [1.165, 1.54) is 12.1 Å². The molecule has 0 atom stereocenters. The van der Waals surface area contributed by atoms with E-state index in [2.05, 4.69) is 14.7 Å². The number of nitrogens with one attached hydrogen (secondary N) is 1. The van der Waals surface area contributed by atoms with Crippen LogP contribution in [-0.2, 0) is 0 Å². The lowest BCUT2D eigenvalue weighted by Gasteiger charge is -1.99. The molecule has 1 heterocycles. The van der Waals surface area contributed by atoms with E-state index in [1.54, 1.807) is 13.0 Å². The summed E-state index contributed by atoms with van der Waals surface area (Å²) in [5.74, 6) is -0.787. The minimum absolute atomic E-state index is 0.243. The Kier molecular flexibility index (Phi) is 3.99. The number of hydrogen-bond acceptors (Lipinski definition) is 3. The topological polar surface area (TPSA) is 58.9 Å². The van der Waals surface area contributed by atoms with E-state index in [0.717, 1.165) is 5.56 Å². The lowest BCUT2D eigenvalue weighted by Crippen LogP contribution is -1.95. The molecule has 1 N–H and O–H groups in total. The first-order chi connectivity index (χ1) is 7.66. The average molecular weight is 224 g/mol. The summed E-state index contributed by atoms with van der Waals surface area (Å²) in [6.45, 7) is 5.79. The maximum Gasteiger partial charge on any atom is 0.439 e. The van der Waals surface area contributed by atoms with Crippen molar-refractivity contribution < 1.29 is 8.91 Å². The van der Waals surface area contributed by atoms with Crippen LogP contribution in [0, 0.1) is 12.7 Å². The third-order valence-electron chi connectivity index (χ3n) is 1.90. The van der Waals surface area contributed by atoms with Gasteiger partial charge in [-0.15, -0.1) is 0 Å². The molecule has 0 unspecified atom stereocenters. The molecule has 86 valence electrons. The van der Waals surface area contributed by atoms with Gasteiger partial charge in [0.25, 0.3) is 0 Å². The molecule has 0 saturated carbocycles. The second-order valence-electron chi connectivity index (χ2n) is 2.90. The number of rotatable bonds is 1. The number of aromatic nitrogens is 2. The maximum atomic E-state index is 12.9. The normalized spacial score (nSPS) is 9.50. The third-order valence-corrected chi connectivity index (χ3v) is 1.90. The van der Waals surface area contributed by atoms with Gasteiger partial charge < -0.3 is 0 Å². The maximum absolute atomic E-state index is 12.9. The number of H-pyrrole nitrogens is 1. The van der Waals surface area contributed by atoms with Crippen LogP contribution in [0.2, 0.25) is 0 Å². The first-order valence-corrected chi connectivity index (χ1v) is 4.99. The molecular weight excluding hydrogens is 211 g/mol. The molecule has 0 spiro atoms. The average Bonchev–Trinajstić information content (AvgIpc) is 2.71. The fourth-order valence-electron chi connectivity index (χ4n) is 1.20. The molecule has 0 aliphatic heterocycles. The number of aromatic amines is 1. The quantitative estimate of drug-likeness (QED) is 0.809. The van der Waals surface area contributed by atoms with Crippen LogP contribution in [0.1, 0.15) is 19.4 Å². The van der Waals surface area contributed by atoms with Gasteiger partial charge in [0.2, 0.25) is 0 Å². The monoisotopic (exact) mass is 224 g/mol. The number of aryl methyl sites for hydroxylation is 1. The molecule has 0 aliphatic rings. The summed E-state index contributed by atoms with van der Waals surface area (Å²) >= 11 is 0. The lowest BCUT2D eigenvalue weighted by atomic mass is 10.1. The van der Waals surface area contributed by atoms with Crippen molar-refractivity contribution in [3.05, 3.63) is 40.1 Å². The van der Waals surface area contributed by atoms with Gasteiger partial charge in [0.1, 0.15) is 5.82 Å². The summed E-state index contributed by atoms with van der Waals surface area (Å²) < 4.78 is 17.2. The van der Waals surface area contributed by atoms with Crippen molar-refractivity contribution in [1.82, 2.24) is 10.1 Å². The lowest BCUT2D eigenvalue weighted by molar-refractivity contribution is 0.388. The molecule has 0 radical (unpaired) electrons. The van der Waals surface area contributed by atoms with Crippen molar-refractivity contribution in [2.45, 2.75) is 20.8 Å². The minimum atomic E-state index is -0.649. The highest BCUT2D eigenvalue weighted by Gasteiger charge is 2.07. The Hall–Kier alpha value is -1.91. The molecule has 0 aliphatic carbocycles. The van der Waals surface area contributed by atoms with Crippen molar-refractivity contribution in [2.24, 2.45) is 0 Å². The van der Waals surface area contributed by atoms with Gasteiger partial charge in [-0.2, -0.15) is 0 Å². The van der Waals surface area contributed by atoms with Gasteiger partial charge in [-0.1, -0.05) is 25.1 Å². The van der Waals surface area contributed by atoms with E-state index in [1.807, 2.05) is 13.8 Å². The molecule has 1 aromatic carbocycles.